The second-order valence-corrected chi connectivity index (χ2v) is 6.42. The highest BCUT2D eigenvalue weighted by molar-refractivity contribution is 5.71. The molecule has 4 aromatic carbocycles. The van der Waals surface area contributed by atoms with Crippen LogP contribution in [0.15, 0.2) is 109 Å². The fourth-order valence-electron chi connectivity index (χ4n) is 3.20. The van der Waals surface area contributed by atoms with E-state index in [1.807, 2.05) is 72.8 Å². The number of hydrogen-bond acceptors (Lipinski definition) is 2. The van der Waals surface area contributed by atoms with E-state index in [0.717, 1.165) is 33.8 Å². The number of benzene rings is 4. The third kappa shape index (κ3) is 4.24. The lowest BCUT2D eigenvalue weighted by molar-refractivity contribution is 0.218. The summed E-state index contributed by atoms with van der Waals surface area (Å²) in [4.78, 5) is 0. The van der Waals surface area contributed by atoms with E-state index >= 15 is 0 Å². The van der Waals surface area contributed by atoms with Crippen LogP contribution in [-0.2, 0) is 0 Å². The van der Waals surface area contributed by atoms with Crippen molar-refractivity contribution in [2.45, 2.75) is 0 Å². The normalized spacial score (nSPS) is 10.4. The van der Waals surface area contributed by atoms with Crippen LogP contribution in [0.25, 0.3) is 22.3 Å². The summed E-state index contributed by atoms with van der Waals surface area (Å²) in [5.74, 6) is 1.74. The molecule has 0 bridgehead atoms. The van der Waals surface area contributed by atoms with Crippen molar-refractivity contribution in [1.29, 1.82) is 0 Å². The van der Waals surface area contributed by atoms with Crippen molar-refractivity contribution in [2.24, 2.45) is 0 Å². The molecule has 0 spiro atoms. The summed E-state index contributed by atoms with van der Waals surface area (Å²) in [6.07, 6.45) is 0. The smallest absolute Gasteiger partial charge is 0.127 e. The zero-order valence-electron chi connectivity index (χ0n) is 15.6. The van der Waals surface area contributed by atoms with Crippen LogP contribution in [0, 0.1) is 0 Å². The van der Waals surface area contributed by atoms with Gasteiger partial charge < -0.3 is 9.47 Å². The second-order valence-electron chi connectivity index (χ2n) is 6.42. The average Bonchev–Trinajstić information content (AvgIpc) is 2.78. The van der Waals surface area contributed by atoms with Crippen molar-refractivity contribution in [3.8, 4) is 33.8 Å². The summed E-state index contributed by atoms with van der Waals surface area (Å²) in [5, 5.41) is 0. The van der Waals surface area contributed by atoms with Crippen molar-refractivity contribution in [1.82, 2.24) is 0 Å². The standard InChI is InChI=1S/C26H22O2/c1-3-11-21(12-4-1)23-15-7-9-17-25(23)27-19-20-28-26-18-10-8-16-24(26)22-13-5-2-6-14-22/h1-18H,19-20H2. The molecule has 0 aliphatic heterocycles. The summed E-state index contributed by atoms with van der Waals surface area (Å²) in [6.45, 7) is 0.958. The molecule has 0 aliphatic carbocycles. The van der Waals surface area contributed by atoms with Crippen LogP contribution < -0.4 is 9.47 Å². The summed E-state index contributed by atoms with van der Waals surface area (Å²) < 4.78 is 12.1. The minimum Gasteiger partial charge on any atom is -0.489 e. The van der Waals surface area contributed by atoms with Crippen LogP contribution in [0.3, 0.4) is 0 Å². The molecule has 2 heteroatoms. The molecule has 0 saturated carbocycles. The Hall–Kier alpha value is -3.52. The molecule has 0 saturated heterocycles. The fourth-order valence-corrected chi connectivity index (χ4v) is 3.20. The first-order valence-corrected chi connectivity index (χ1v) is 9.46. The number of hydrogen-bond donors (Lipinski definition) is 0. The summed E-state index contributed by atoms with van der Waals surface area (Å²) in [6, 6.07) is 36.8. The van der Waals surface area contributed by atoms with Crippen LogP contribution in [-0.4, -0.2) is 13.2 Å². The van der Waals surface area contributed by atoms with Gasteiger partial charge in [-0.05, 0) is 23.3 Å². The van der Waals surface area contributed by atoms with Gasteiger partial charge in [-0.1, -0.05) is 97.1 Å². The first-order valence-electron chi connectivity index (χ1n) is 9.46. The molecular weight excluding hydrogens is 344 g/mol. The third-order valence-corrected chi connectivity index (χ3v) is 4.54. The molecule has 138 valence electrons. The van der Waals surface area contributed by atoms with Crippen molar-refractivity contribution >= 4 is 0 Å². The number of rotatable bonds is 7. The zero-order valence-corrected chi connectivity index (χ0v) is 15.6. The Morgan fingerprint density at radius 3 is 1.18 bits per heavy atom. The lowest BCUT2D eigenvalue weighted by Crippen LogP contribution is -2.10. The Bertz CT molecular complexity index is 926. The van der Waals surface area contributed by atoms with Crippen LogP contribution in [0.2, 0.25) is 0 Å². The quantitative estimate of drug-likeness (QED) is 0.349. The van der Waals surface area contributed by atoms with Gasteiger partial charge in [0, 0.05) is 11.1 Å². The first-order chi connectivity index (χ1) is 13.9. The molecule has 4 aromatic rings. The highest BCUT2D eigenvalue weighted by Crippen LogP contribution is 2.31. The van der Waals surface area contributed by atoms with Gasteiger partial charge in [-0.25, -0.2) is 0 Å². The molecule has 0 radical (unpaired) electrons. The lowest BCUT2D eigenvalue weighted by Gasteiger charge is -2.14. The molecule has 2 nitrogen and oxygen atoms in total. The molecule has 0 aliphatic rings. The van der Waals surface area contributed by atoms with Gasteiger partial charge in [-0.2, -0.15) is 0 Å². The summed E-state index contributed by atoms with van der Waals surface area (Å²) in [5.41, 5.74) is 4.47. The molecule has 0 atom stereocenters. The zero-order chi connectivity index (χ0) is 19.0. The Balaban J connectivity index is 1.42. The van der Waals surface area contributed by atoms with Crippen LogP contribution in [0.1, 0.15) is 0 Å². The third-order valence-electron chi connectivity index (χ3n) is 4.54. The monoisotopic (exact) mass is 366 g/mol. The Morgan fingerprint density at radius 1 is 0.393 bits per heavy atom. The minimum atomic E-state index is 0.479. The molecule has 0 N–H and O–H groups in total. The highest BCUT2D eigenvalue weighted by Gasteiger charge is 2.07. The summed E-state index contributed by atoms with van der Waals surface area (Å²) >= 11 is 0. The van der Waals surface area contributed by atoms with Gasteiger partial charge in [-0.15, -0.1) is 0 Å². The van der Waals surface area contributed by atoms with Crippen LogP contribution in [0.5, 0.6) is 11.5 Å². The van der Waals surface area contributed by atoms with Crippen molar-refractivity contribution in [3.05, 3.63) is 109 Å². The van der Waals surface area contributed by atoms with E-state index in [1.165, 1.54) is 0 Å². The number of para-hydroxylation sites is 2. The molecule has 0 amide bonds. The van der Waals surface area contributed by atoms with E-state index in [-0.39, 0.29) is 0 Å². The van der Waals surface area contributed by atoms with Gasteiger partial charge >= 0.3 is 0 Å². The second kappa shape index (κ2) is 8.92. The Morgan fingerprint density at radius 2 is 0.750 bits per heavy atom. The molecule has 28 heavy (non-hydrogen) atoms. The van der Waals surface area contributed by atoms with E-state index < -0.39 is 0 Å². The van der Waals surface area contributed by atoms with E-state index in [9.17, 15) is 0 Å². The predicted octanol–water partition coefficient (Wildman–Crippen LogP) is 6.48. The molecule has 4 rings (SSSR count). The number of ether oxygens (including phenoxy) is 2. The van der Waals surface area contributed by atoms with Gasteiger partial charge in [0.05, 0.1) is 0 Å². The Labute approximate surface area is 166 Å². The van der Waals surface area contributed by atoms with Crippen LogP contribution in [0.4, 0.5) is 0 Å². The van der Waals surface area contributed by atoms with Gasteiger partial charge in [0.15, 0.2) is 0 Å². The van der Waals surface area contributed by atoms with E-state index in [0.29, 0.717) is 13.2 Å². The van der Waals surface area contributed by atoms with E-state index in [2.05, 4.69) is 36.4 Å². The first kappa shape index (κ1) is 17.9. The molecule has 0 heterocycles. The predicted molar refractivity (Wildman–Crippen MR) is 115 cm³/mol. The maximum Gasteiger partial charge on any atom is 0.127 e. The maximum absolute atomic E-state index is 6.03. The van der Waals surface area contributed by atoms with Gasteiger partial charge in [0.25, 0.3) is 0 Å². The molecule has 0 unspecified atom stereocenters. The molecular formula is C26H22O2. The van der Waals surface area contributed by atoms with Crippen molar-refractivity contribution in [2.75, 3.05) is 13.2 Å². The maximum atomic E-state index is 6.03. The minimum absolute atomic E-state index is 0.479. The summed E-state index contributed by atoms with van der Waals surface area (Å²) in [7, 11) is 0. The lowest BCUT2D eigenvalue weighted by atomic mass is 10.0. The van der Waals surface area contributed by atoms with Crippen molar-refractivity contribution < 1.29 is 9.47 Å². The van der Waals surface area contributed by atoms with E-state index in [4.69, 9.17) is 9.47 Å². The van der Waals surface area contributed by atoms with Gasteiger partial charge in [0.2, 0.25) is 0 Å². The van der Waals surface area contributed by atoms with E-state index in [1.54, 1.807) is 0 Å². The van der Waals surface area contributed by atoms with Crippen molar-refractivity contribution in [3.63, 3.8) is 0 Å². The van der Waals surface area contributed by atoms with Crippen LogP contribution >= 0.6 is 0 Å². The molecule has 0 fully saturated rings. The topological polar surface area (TPSA) is 18.5 Å². The van der Waals surface area contributed by atoms with Gasteiger partial charge in [-0.3, -0.25) is 0 Å². The average molecular weight is 366 g/mol. The highest BCUT2D eigenvalue weighted by atomic mass is 16.5. The molecule has 0 aromatic heterocycles. The Kier molecular flexibility index (Phi) is 5.69. The SMILES string of the molecule is c1ccc(-c2ccccc2OCCOc2ccccc2-c2ccccc2)cc1. The van der Waals surface area contributed by atoms with Gasteiger partial charge in [0.1, 0.15) is 24.7 Å². The fraction of sp³-hybridized carbons (Fsp3) is 0.0769. The largest absolute Gasteiger partial charge is 0.489 e.